The average Bonchev–Trinajstić information content (AvgIpc) is 3.40. The highest BCUT2D eigenvalue weighted by atomic mass is 16.5. The van der Waals surface area contributed by atoms with Crippen LogP contribution in [0.1, 0.15) is 62.1 Å². The van der Waals surface area contributed by atoms with Crippen LogP contribution in [0.15, 0.2) is 39.8 Å². The van der Waals surface area contributed by atoms with Crippen molar-refractivity contribution in [2.45, 2.75) is 70.9 Å². The molecule has 1 N–H and O–H groups in total. The minimum absolute atomic E-state index is 0.0155. The lowest BCUT2D eigenvalue weighted by atomic mass is 9.78. The van der Waals surface area contributed by atoms with Crippen LogP contribution in [-0.2, 0) is 15.0 Å². The van der Waals surface area contributed by atoms with Gasteiger partial charge in [-0.3, -0.25) is 9.59 Å². The van der Waals surface area contributed by atoms with E-state index < -0.39 is 23.5 Å². The molecule has 32 heavy (non-hydrogen) atoms. The van der Waals surface area contributed by atoms with Gasteiger partial charge in [0.15, 0.2) is 0 Å². The van der Waals surface area contributed by atoms with Gasteiger partial charge in [-0.2, -0.15) is 0 Å². The Bertz CT molecular complexity index is 1060. The van der Waals surface area contributed by atoms with Gasteiger partial charge >= 0.3 is 0 Å². The molecule has 0 unspecified atom stereocenters. The number of hydrogen-bond acceptors (Lipinski definition) is 5. The first-order valence-corrected chi connectivity index (χ1v) is 11.2. The first kappa shape index (κ1) is 22.4. The molecule has 3 heterocycles. The number of amides is 2. The molecule has 1 aromatic carbocycles. The molecule has 0 saturated carbocycles. The van der Waals surface area contributed by atoms with Crippen LogP contribution in [0.4, 0.5) is 0 Å². The van der Waals surface area contributed by atoms with Crippen molar-refractivity contribution in [1.82, 2.24) is 10.1 Å². The smallest absolute Gasteiger partial charge is 0.256 e. The van der Waals surface area contributed by atoms with E-state index in [1.807, 2.05) is 58.9 Å². The van der Waals surface area contributed by atoms with Crippen molar-refractivity contribution in [2.75, 3.05) is 6.54 Å². The number of likely N-dealkylation sites (tertiary alicyclic amines) is 1. The second kappa shape index (κ2) is 8.28. The number of aromatic nitrogens is 1. The van der Waals surface area contributed by atoms with Gasteiger partial charge in [0.2, 0.25) is 5.91 Å². The molecule has 2 aliphatic heterocycles. The lowest BCUT2D eigenvalue weighted by Crippen LogP contribution is -2.44. The molecule has 7 heteroatoms. The normalized spacial score (nSPS) is 26.7. The number of benzene rings is 1. The Balaban J connectivity index is 1.61. The molecule has 4 atom stereocenters. The average molecular weight is 438 g/mol. The number of carbonyl (C=O) groups excluding carboxylic acids is 2. The molecule has 0 aliphatic carbocycles. The Morgan fingerprint density at radius 3 is 2.53 bits per heavy atom. The summed E-state index contributed by atoms with van der Waals surface area (Å²) in [6.07, 6.45) is 0.156. The van der Waals surface area contributed by atoms with E-state index in [1.54, 1.807) is 11.0 Å². The van der Waals surface area contributed by atoms with Gasteiger partial charge in [0.1, 0.15) is 11.7 Å². The number of aliphatic hydroxyl groups excluding tert-OH is 1. The van der Waals surface area contributed by atoms with Crippen molar-refractivity contribution in [3.63, 3.8) is 0 Å². The van der Waals surface area contributed by atoms with Gasteiger partial charge in [-0.1, -0.05) is 48.8 Å². The minimum atomic E-state index is -0.759. The minimum Gasteiger partial charge on any atom is -0.391 e. The van der Waals surface area contributed by atoms with Crippen LogP contribution in [-0.4, -0.2) is 51.4 Å². The van der Waals surface area contributed by atoms with E-state index in [-0.39, 0.29) is 24.3 Å². The second-order valence-corrected chi connectivity index (χ2v) is 9.77. The van der Waals surface area contributed by atoms with E-state index in [0.29, 0.717) is 24.3 Å². The van der Waals surface area contributed by atoms with E-state index in [9.17, 15) is 14.7 Å². The maximum Gasteiger partial charge on any atom is 0.256 e. The molecule has 0 radical (unpaired) electrons. The molecule has 2 aliphatic rings. The molecular weight excluding hydrogens is 406 g/mol. The van der Waals surface area contributed by atoms with Gasteiger partial charge in [0, 0.05) is 31.2 Å². The fraction of sp³-hybridized carbons (Fsp3) is 0.520. The Labute approximate surface area is 188 Å². The summed E-state index contributed by atoms with van der Waals surface area (Å²) >= 11 is 0. The zero-order valence-corrected chi connectivity index (χ0v) is 19.3. The summed E-state index contributed by atoms with van der Waals surface area (Å²) in [4.78, 5) is 32.7. The van der Waals surface area contributed by atoms with E-state index in [0.717, 1.165) is 16.8 Å². The Kier molecular flexibility index (Phi) is 5.79. The van der Waals surface area contributed by atoms with Crippen molar-refractivity contribution >= 4 is 17.5 Å². The standard InChI is InChI=1S/C25H31N3O4/c1-14(2)22(21-10-16(4)27-32-21)23(30)28-13-18(29)11-20(28)19-12-25(5,24(31)26-19)17-8-6-15(3)7-9-17/h6-10,14,18,20,22,29H,11-13H2,1-5H3/t18-,20-,22+,25+/m1/s1. The summed E-state index contributed by atoms with van der Waals surface area (Å²) in [6.45, 7) is 9.88. The molecule has 1 fully saturated rings. The third-order valence-corrected chi connectivity index (χ3v) is 6.77. The van der Waals surface area contributed by atoms with Crippen molar-refractivity contribution in [2.24, 2.45) is 10.9 Å². The molecule has 170 valence electrons. The van der Waals surface area contributed by atoms with Gasteiger partial charge in [-0.15, -0.1) is 0 Å². The molecule has 1 aromatic heterocycles. The maximum atomic E-state index is 13.6. The summed E-state index contributed by atoms with van der Waals surface area (Å²) in [5.41, 5.74) is 2.67. The molecule has 0 bridgehead atoms. The van der Waals surface area contributed by atoms with Crippen LogP contribution in [0.2, 0.25) is 0 Å². The predicted molar refractivity (Wildman–Crippen MR) is 121 cm³/mol. The number of aliphatic imine (C=N–C) groups is 1. The number of hydrogen-bond donors (Lipinski definition) is 1. The lowest BCUT2D eigenvalue weighted by Gasteiger charge is -2.30. The zero-order valence-electron chi connectivity index (χ0n) is 19.3. The highest BCUT2D eigenvalue weighted by Gasteiger charge is 2.48. The highest BCUT2D eigenvalue weighted by Crippen LogP contribution is 2.39. The van der Waals surface area contributed by atoms with Crippen LogP contribution < -0.4 is 0 Å². The summed E-state index contributed by atoms with van der Waals surface area (Å²) in [7, 11) is 0. The fourth-order valence-corrected chi connectivity index (χ4v) is 4.89. The molecule has 0 spiro atoms. The number of aryl methyl sites for hydroxylation is 2. The van der Waals surface area contributed by atoms with Gasteiger partial charge in [0.05, 0.1) is 23.3 Å². The molecule has 7 nitrogen and oxygen atoms in total. The number of nitrogens with zero attached hydrogens (tertiary/aromatic N) is 3. The number of carbonyl (C=O) groups is 2. The number of rotatable bonds is 5. The summed E-state index contributed by atoms with van der Waals surface area (Å²) < 4.78 is 5.43. The van der Waals surface area contributed by atoms with Crippen molar-refractivity contribution < 1.29 is 19.2 Å². The first-order valence-electron chi connectivity index (χ1n) is 11.2. The van der Waals surface area contributed by atoms with Crippen LogP contribution in [0.5, 0.6) is 0 Å². The van der Waals surface area contributed by atoms with Gasteiger partial charge < -0.3 is 14.5 Å². The van der Waals surface area contributed by atoms with Crippen molar-refractivity contribution in [3.05, 3.63) is 52.9 Å². The Morgan fingerprint density at radius 1 is 1.25 bits per heavy atom. The van der Waals surface area contributed by atoms with E-state index in [4.69, 9.17) is 4.52 Å². The highest BCUT2D eigenvalue weighted by molar-refractivity contribution is 6.11. The van der Waals surface area contributed by atoms with Gasteiger partial charge in [0.25, 0.3) is 5.91 Å². The van der Waals surface area contributed by atoms with E-state index in [2.05, 4.69) is 10.1 Å². The summed E-state index contributed by atoms with van der Waals surface area (Å²) in [5, 5.41) is 14.4. The van der Waals surface area contributed by atoms with Crippen LogP contribution in [0, 0.1) is 19.8 Å². The third-order valence-electron chi connectivity index (χ3n) is 6.77. The largest absolute Gasteiger partial charge is 0.391 e. The summed E-state index contributed by atoms with van der Waals surface area (Å²) in [6, 6.07) is 9.31. The van der Waals surface area contributed by atoms with Crippen LogP contribution in [0.3, 0.4) is 0 Å². The molecule has 2 amide bonds. The second-order valence-electron chi connectivity index (χ2n) is 9.77. The fourth-order valence-electron chi connectivity index (χ4n) is 4.89. The number of β-amino-alcohol motifs (C(OH)–C–C–N with tert-alkyl or cyclic N) is 1. The SMILES string of the molecule is Cc1ccc([C@]2(C)CC([C@H]3C[C@@H](O)CN3C(=O)[C@H](c3cc(C)no3)C(C)C)=NC2=O)cc1. The molecular formula is C25H31N3O4. The maximum absolute atomic E-state index is 13.6. The number of aliphatic hydroxyl groups is 1. The quantitative estimate of drug-likeness (QED) is 0.774. The van der Waals surface area contributed by atoms with Crippen LogP contribution >= 0.6 is 0 Å². The van der Waals surface area contributed by atoms with E-state index in [1.165, 1.54) is 0 Å². The predicted octanol–water partition coefficient (Wildman–Crippen LogP) is 3.32. The van der Waals surface area contributed by atoms with Gasteiger partial charge in [-0.25, -0.2) is 4.99 Å². The van der Waals surface area contributed by atoms with Crippen molar-refractivity contribution in [1.29, 1.82) is 0 Å². The summed E-state index contributed by atoms with van der Waals surface area (Å²) in [5.74, 6) is -0.326. The van der Waals surface area contributed by atoms with Crippen molar-refractivity contribution in [3.8, 4) is 0 Å². The Morgan fingerprint density at radius 2 is 1.94 bits per heavy atom. The van der Waals surface area contributed by atoms with Crippen LogP contribution in [0.25, 0.3) is 0 Å². The first-order chi connectivity index (χ1) is 15.1. The molecule has 2 aromatic rings. The topological polar surface area (TPSA) is 96.0 Å². The lowest BCUT2D eigenvalue weighted by molar-refractivity contribution is -0.134. The monoisotopic (exact) mass is 437 g/mol. The molecule has 4 rings (SSSR count). The molecule has 1 saturated heterocycles. The van der Waals surface area contributed by atoms with E-state index >= 15 is 0 Å². The Hall–Kier alpha value is -2.80. The van der Waals surface area contributed by atoms with Gasteiger partial charge in [-0.05, 0) is 32.3 Å². The zero-order chi connectivity index (χ0) is 23.2. The third kappa shape index (κ3) is 3.90.